The molecule has 0 bridgehead atoms. The number of oxazole rings is 1. The van der Waals surface area contributed by atoms with Crippen LogP contribution in [0.5, 0.6) is 5.75 Å². The van der Waals surface area contributed by atoms with E-state index in [0.717, 1.165) is 47.4 Å². The number of unbranched alkanes of at least 4 members (excludes halogenated alkanes) is 1. The molecule has 0 spiro atoms. The van der Waals surface area contributed by atoms with Crippen molar-refractivity contribution in [2.24, 2.45) is 0 Å². The molecule has 0 unspecified atom stereocenters. The van der Waals surface area contributed by atoms with Gasteiger partial charge in [-0.15, -0.1) is 10.2 Å². The van der Waals surface area contributed by atoms with E-state index in [4.69, 9.17) is 9.15 Å². The normalized spacial score (nSPS) is 11.0. The van der Waals surface area contributed by atoms with Gasteiger partial charge in [0.05, 0.1) is 19.1 Å². The molecule has 7 heteroatoms. The second kappa shape index (κ2) is 8.20. The van der Waals surface area contributed by atoms with E-state index in [1.807, 2.05) is 31.2 Å². The third-order valence-electron chi connectivity index (χ3n) is 3.79. The summed E-state index contributed by atoms with van der Waals surface area (Å²) in [6.45, 7) is 4.96. The first kappa shape index (κ1) is 17.5. The molecule has 0 N–H and O–H groups in total. The summed E-state index contributed by atoms with van der Waals surface area (Å²) in [6.07, 6.45) is 3.93. The molecule has 0 fully saturated rings. The monoisotopic (exact) mass is 358 g/mol. The van der Waals surface area contributed by atoms with E-state index < -0.39 is 0 Å². The summed E-state index contributed by atoms with van der Waals surface area (Å²) >= 11 is 1.60. The molecule has 3 aromatic rings. The van der Waals surface area contributed by atoms with Crippen LogP contribution in [-0.4, -0.2) is 26.9 Å². The van der Waals surface area contributed by atoms with Gasteiger partial charge in [-0.05, 0) is 37.6 Å². The fourth-order valence-electron chi connectivity index (χ4n) is 2.46. The van der Waals surface area contributed by atoms with Crippen molar-refractivity contribution in [2.45, 2.75) is 44.1 Å². The van der Waals surface area contributed by atoms with Crippen molar-refractivity contribution in [2.75, 3.05) is 7.11 Å². The molecule has 0 saturated heterocycles. The Morgan fingerprint density at radius 3 is 2.64 bits per heavy atom. The largest absolute Gasteiger partial charge is 0.497 e. The van der Waals surface area contributed by atoms with Crippen molar-refractivity contribution in [3.63, 3.8) is 0 Å². The predicted molar refractivity (Wildman–Crippen MR) is 97.7 cm³/mol. The van der Waals surface area contributed by atoms with Gasteiger partial charge < -0.3 is 13.7 Å². The molecule has 0 radical (unpaired) electrons. The summed E-state index contributed by atoms with van der Waals surface area (Å²) in [5, 5.41) is 9.68. The fraction of sp³-hybridized carbons (Fsp3) is 0.389. The predicted octanol–water partition coefficient (Wildman–Crippen LogP) is 4.34. The second-order valence-electron chi connectivity index (χ2n) is 5.69. The lowest BCUT2D eigenvalue weighted by molar-refractivity contribution is 0.415. The maximum Gasteiger partial charge on any atom is 0.204 e. The van der Waals surface area contributed by atoms with Gasteiger partial charge in [-0.2, -0.15) is 0 Å². The van der Waals surface area contributed by atoms with Crippen LogP contribution in [0.4, 0.5) is 0 Å². The van der Waals surface area contributed by atoms with Crippen LogP contribution < -0.4 is 4.74 Å². The highest BCUT2D eigenvalue weighted by atomic mass is 32.2. The van der Waals surface area contributed by atoms with E-state index in [1.165, 1.54) is 0 Å². The van der Waals surface area contributed by atoms with Gasteiger partial charge in [0.2, 0.25) is 5.89 Å². The van der Waals surface area contributed by atoms with Crippen molar-refractivity contribution < 1.29 is 9.15 Å². The Hall–Kier alpha value is -2.28. The number of ether oxygens (including phenoxy) is 1. The summed E-state index contributed by atoms with van der Waals surface area (Å²) in [4.78, 5) is 4.25. The van der Waals surface area contributed by atoms with Gasteiger partial charge in [-0.3, -0.25) is 0 Å². The van der Waals surface area contributed by atoms with Gasteiger partial charge in [-0.25, -0.2) is 4.98 Å². The average Bonchev–Trinajstić information content (AvgIpc) is 3.24. The van der Waals surface area contributed by atoms with Gasteiger partial charge in [0.15, 0.2) is 11.0 Å². The van der Waals surface area contributed by atoms with Gasteiger partial charge >= 0.3 is 0 Å². The first-order chi connectivity index (χ1) is 12.2. The van der Waals surface area contributed by atoms with Crippen LogP contribution >= 0.6 is 11.8 Å². The lowest BCUT2D eigenvalue weighted by Gasteiger charge is -2.09. The fourth-order valence-corrected chi connectivity index (χ4v) is 3.28. The third kappa shape index (κ3) is 4.22. The van der Waals surface area contributed by atoms with Gasteiger partial charge in [0, 0.05) is 12.1 Å². The standard InChI is InChI=1S/C18H22N4O2S/c1-4-5-10-22-17(14-6-8-15(23-3)9-7-14)20-21-18(22)25-12-16-19-11-13(2)24-16/h6-9,11H,4-5,10,12H2,1-3H3. The van der Waals surface area contributed by atoms with Gasteiger partial charge in [0.1, 0.15) is 11.5 Å². The molecule has 0 atom stereocenters. The Labute approximate surface area is 151 Å². The molecular formula is C18H22N4O2S. The molecule has 6 nitrogen and oxygen atoms in total. The minimum absolute atomic E-state index is 0.640. The summed E-state index contributed by atoms with van der Waals surface area (Å²) in [7, 11) is 1.66. The number of rotatable bonds is 8. The zero-order valence-electron chi connectivity index (χ0n) is 14.7. The van der Waals surface area contributed by atoms with Crippen LogP contribution in [0.2, 0.25) is 0 Å². The van der Waals surface area contributed by atoms with Crippen LogP contribution in [0.3, 0.4) is 0 Å². The number of benzene rings is 1. The molecule has 0 aliphatic rings. The first-order valence-electron chi connectivity index (χ1n) is 8.33. The zero-order chi connectivity index (χ0) is 17.6. The number of methoxy groups -OCH3 is 1. The van der Waals surface area contributed by atoms with Crippen LogP contribution in [0.25, 0.3) is 11.4 Å². The van der Waals surface area contributed by atoms with Crippen LogP contribution in [0.1, 0.15) is 31.4 Å². The summed E-state index contributed by atoms with van der Waals surface area (Å²) in [6, 6.07) is 7.90. The van der Waals surface area contributed by atoms with E-state index in [1.54, 1.807) is 25.1 Å². The number of hydrogen-bond acceptors (Lipinski definition) is 6. The third-order valence-corrected chi connectivity index (χ3v) is 4.75. The molecule has 0 amide bonds. The first-order valence-corrected chi connectivity index (χ1v) is 9.31. The smallest absolute Gasteiger partial charge is 0.204 e. The zero-order valence-corrected chi connectivity index (χ0v) is 15.5. The molecule has 25 heavy (non-hydrogen) atoms. The van der Waals surface area contributed by atoms with Crippen molar-refractivity contribution in [1.29, 1.82) is 0 Å². The molecule has 3 rings (SSSR count). The Morgan fingerprint density at radius 1 is 1.20 bits per heavy atom. The molecule has 0 aliphatic heterocycles. The number of nitrogens with zero attached hydrogens (tertiary/aromatic N) is 4. The Morgan fingerprint density at radius 2 is 2.00 bits per heavy atom. The van der Waals surface area contributed by atoms with Crippen molar-refractivity contribution in [1.82, 2.24) is 19.7 Å². The number of aromatic nitrogens is 4. The SMILES string of the molecule is CCCCn1c(SCc2ncc(C)o2)nnc1-c1ccc(OC)cc1. The minimum Gasteiger partial charge on any atom is -0.497 e. The van der Waals surface area contributed by atoms with Crippen LogP contribution in [0.15, 0.2) is 40.0 Å². The Bertz CT molecular complexity index is 811. The molecule has 1 aromatic carbocycles. The summed E-state index contributed by atoms with van der Waals surface area (Å²) < 4.78 is 12.9. The van der Waals surface area contributed by atoms with Gasteiger partial charge in [-0.1, -0.05) is 25.1 Å². The van der Waals surface area contributed by atoms with E-state index in [9.17, 15) is 0 Å². The number of thioether (sulfide) groups is 1. The average molecular weight is 358 g/mol. The van der Waals surface area contributed by atoms with Crippen molar-refractivity contribution >= 4 is 11.8 Å². The highest BCUT2D eigenvalue weighted by Gasteiger charge is 2.15. The number of hydrogen-bond donors (Lipinski definition) is 0. The minimum atomic E-state index is 0.640. The number of aryl methyl sites for hydroxylation is 1. The van der Waals surface area contributed by atoms with E-state index in [0.29, 0.717) is 11.6 Å². The highest BCUT2D eigenvalue weighted by molar-refractivity contribution is 7.98. The topological polar surface area (TPSA) is 66.0 Å². The van der Waals surface area contributed by atoms with Crippen LogP contribution in [-0.2, 0) is 12.3 Å². The molecule has 2 aromatic heterocycles. The molecular weight excluding hydrogens is 336 g/mol. The Kier molecular flexibility index (Phi) is 5.75. The van der Waals surface area contributed by atoms with E-state index >= 15 is 0 Å². The summed E-state index contributed by atoms with van der Waals surface area (Å²) in [5.41, 5.74) is 1.03. The molecule has 132 valence electrons. The highest BCUT2D eigenvalue weighted by Crippen LogP contribution is 2.27. The van der Waals surface area contributed by atoms with Crippen molar-refractivity contribution in [3.8, 4) is 17.1 Å². The lowest BCUT2D eigenvalue weighted by atomic mass is 10.2. The van der Waals surface area contributed by atoms with E-state index in [-0.39, 0.29) is 0 Å². The van der Waals surface area contributed by atoms with Crippen LogP contribution in [0, 0.1) is 6.92 Å². The molecule has 0 aliphatic carbocycles. The maximum absolute atomic E-state index is 5.54. The van der Waals surface area contributed by atoms with Gasteiger partial charge in [0.25, 0.3) is 0 Å². The second-order valence-corrected chi connectivity index (χ2v) is 6.64. The molecule has 2 heterocycles. The quantitative estimate of drug-likeness (QED) is 0.558. The molecule has 0 saturated carbocycles. The van der Waals surface area contributed by atoms with E-state index in [2.05, 4.69) is 26.7 Å². The maximum atomic E-state index is 5.54. The Balaban J connectivity index is 1.83. The van der Waals surface area contributed by atoms with Crippen molar-refractivity contribution in [3.05, 3.63) is 42.1 Å². The lowest BCUT2D eigenvalue weighted by Crippen LogP contribution is -2.02. The summed E-state index contributed by atoms with van der Waals surface area (Å²) in [5.74, 6) is 3.88.